The summed E-state index contributed by atoms with van der Waals surface area (Å²) in [5, 5.41) is 0. The normalized spacial score (nSPS) is 19.9. The Hall–Kier alpha value is -2.55. The molecule has 0 N–H and O–H groups in total. The zero-order valence-corrected chi connectivity index (χ0v) is 12.6. The van der Waals surface area contributed by atoms with Gasteiger partial charge in [-0.3, -0.25) is 4.79 Å². The smallest absolute Gasteiger partial charge is 0.249 e. The van der Waals surface area contributed by atoms with E-state index in [1.54, 1.807) is 0 Å². The highest BCUT2D eigenvalue weighted by molar-refractivity contribution is 6.05. The van der Waals surface area contributed by atoms with Crippen molar-refractivity contribution in [2.24, 2.45) is 0 Å². The lowest BCUT2D eigenvalue weighted by atomic mass is 9.95. The SMILES string of the molecule is CN1C(=O)C2CC=CCN2c2ccccc2-c2ccccc21. The first-order valence-corrected chi connectivity index (χ1v) is 7.65. The van der Waals surface area contributed by atoms with Gasteiger partial charge in [-0.05, 0) is 18.6 Å². The predicted octanol–water partition coefficient (Wildman–Crippen LogP) is 3.46. The largest absolute Gasteiger partial charge is 0.355 e. The third kappa shape index (κ3) is 1.86. The van der Waals surface area contributed by atoms with Crippen LogP contribution in [0.4, 0.5) is 11.4 Å². The summed E-state index contributed by atoms with van der Waals surface area (Å²) in [6.45, 7) is 0.781. The molecule has 3 heteroatoms. The number of amides is 1. The minimum Gasteiger partial charge on any atom is -0.355 e. The molecule has 0 aliphatic carbocycles. The Labute approximate surface area is 130 Å². The van der Waals surface area contributed by atoms with Gasteiger partial charge in [0.05, 0.1) is 5.69 Å². The van der Waals surface area contributed by atoms with Gasteiger partial charge >= 0.3 is 0 Å². The van der Waals surface area contributed by atoms with Gasteiger partial charge in [-0.1, -0.05) is 48.6 Å². The van der Waals surface area contributed by atoms with Crippen molar-refractivity contribution in [2.45, 2.75) is 12.5 Å². The predicted molar refractivity (Wildman–Crippen MR) is 90.2 cm³/mol. The van der Waals surface area contributed by atoms with Crippen molar-refractivity contribution in [1.82, 2.24) is 0 Å². The molecule has 110 valence electrons. The van der Waals surface area contributed by atoms with E-state index in [2.05, 4.69) is 41.3 Å². The van der Waals surface area contributed by atoms with Gasteiger partial charge in [-0.2, -0.15) is 0 Å². The topological polar surface area (TPSA) is 23.6 Å². The highest BCUT2D eigenvalue weighted by atomic mass is 16.2. The Bertz CT molecular complexity index is 766. The van der Waals surface area contributed by atoms with Gasteiger partial charge in [0, 0.05) is 30.4 Å². The zero-order valence-electron chi connectivity index (χ0n) is 12.6. The molecule has 0 aromatic heterocycles. The van der Waals surface area contributed by atoms with E-state index >= 15 is 0 Å². The fraction of sp³-hybridized carbons (Fsp3) is 0.211. The molecule has 2 aromatic carbocycles. The van der Waals surface area contributed by atoms with Crippen LogP contribution in [0.15, 0.2) is 60.7 Å². The maximum absolute atomic E-state index is 13.0. The molecular formula is C19H18N2O. The van der Waals surface area contributed by atoms with E-state index in [1.165, 1.54) is 5.56 Å². The number of para-hydroxylation sites is 2. The number of anilines is 2. The van der Waals surface area contributed by atoms with E-state index in [9.17, 15) is 4.79 Å². The Kier molecular flexibility index (Phi) is 3.00. The van der Waals surface area contributed by atoms with Crippen molar-refractivity contribution in [2.75, 3.05) is 23.4 Å². The van der Waals surface area contributed by atoms with Crippen LogP contribution >= 0.6 is 0 Å². The van der Waals surface area contributed by atoms with Gasteiger partial charge < -0.3 is 9.80 Å². The van der Waals surface area contributed by atoms with Crippen molar-refractivity contribution in [3.63, 3.8) is 0 Å². The summed E-state index contributed by atoms with van der Waals surface area (Å²) in [4.78, 5) is 17.0. The van der Waals surface area contributed by atoms with E-state index in [1.807, 2.05) is 36.2 Å². The van der Waals surface area contributed by atoms with E-state index in [-0.39, 0.29) is 11.9 Å². The molecule has 1 unspecified atom stereocenters. The van der Waals surface area contributed by atoms with Crippen LogP contribution in [-0.2, 0) is 4.79 Å². The first-order valence-electron chi connectivity index (χ1n) is 7.65. The Morgan fingerprint density at radius 2 is 1.55 bits per heavy atom. The molecule has 1 atom stereocenters. The van der Waals surface area contributed by atoms with Crippen LogP contribution < -0.4 is 9.80 Å². The van der Waals surface area contributed by atoms with Crippen molar-refractivity contribution < 1.29 is 4.79 Å². The van der Waals surface area contributed by atoms with Gasteiger partial charge in [-0.15, -0.1) is 0 Å². The minimum atomic E-state index is -0.121. The third-order valence-corrected chi connectivity index (χ3v) is 4.59. The first-order chi connectivity index (χ1) is 10.8. The molecule has 2 aliphatic rings. The van der Waals surface area contributed by atoms with Crippen LogP contribution in [0, 0.1) is 0 Å². The average molecular weight is 290 g/mol. The number of nitrogens with zero attached hydrogens (tertiary/aromatic N) is 2. The fourth-order valence-corrected chi connectivity index (χ4v) is 3.46. The first kappa shape index (κ1) is 13.1. The number of fused-ring (bicyclic) bond motifs is 5. The second kappa shape index (κ2) is 5.02. The monoisotopic (exact) mass is 290 g/mol. The molecule has 2 heterocycles. The molecule has 0 saturated heterocycles. The summed E-state index contributed by atoms with van der Waals surface area (Å²) in [6, 6.07) is 16.4. The Balaban J connectivity index is 2.01. The maximum Gasteiger partial charge on any atom is 0.249 e. The second-order valence-corrected chi connectivity index (χ2v) is 5.81. The fourth-order valence-electron chi connectivity index (χ4n) is 3.46. The van der Waals surface area contributed by atoms with Crippen LogP contribution in [0.25, 0.3) is 11.1 Å². The summed E-state index contributed by atoms with van der Waals surface area (Å²) >= 11 is 0. The molecule has 2 aliphatic heterocycles. The molecule has 22 heavy (non-hydrogen) atoms. The van der Waals surface area contributed by atoms with Crippen LogP contribution in [0.5, 0.6) is 0 Å². The number of carbonyl (C=O) groups is 1. The van der Waals surface area contributed by atoms with Gasteiger partial charge in [-0.25, -0.2) is 0 Å². The maximum atomic E-state index is 13.0. The quantitative estimate of drug-likeness (QED) is 0.694. The van der Waals surface area contributed by atoms with Gasteiger partial charge in [0.1, 0.15) is 6.04 Å². The van der Waals surface area contributed by atoms with E-state index in [0.717, 1.165) is 29.9 Å². The second-order valence-electron chi connectivity index (χ2n) is 5.81. The lowest BCUT2D eigenvalue weighted by Crippen LogP contribution is -2.50. The number of likely N-dealkylation sites (N-methyl/N-ethyl adjacent to an activating group) is 1. The molecule has 0 bridgehead atoms. The molecule has 0 fully saturated rings. The van der Waals surface area contributed by atoms with Crippen molar-refractivity contribution in [1.29, 1.82) is 0 Å². The van der Waals surface area contributed by atoms with E-state index in [0.29, 0.717) is 0 Å². The summed E-state index contributed by atoms with van der Waals surface area (Å²) in [5.41, 5.74) is 4.43. The van der Waals surface area contributed by atoms with Crippen LogP contribution in [0.1, 0.15) is 6.42 Å². The average Bonchev–Trinajstić information content (AvgIpc) is 2.60. The van der Waals surface area contributed by atoms with Gasteiger partial charge in [0.2, 0.25) is 5.91 Å². The summed E-state index contributed by atoms with van der Waals surface area (Å²) in [6.07, 6.45) is 5.02. The lowest BCUT2D eigenvalue weighted by molar-refractivity contribution is -0.119. The third-order valence-electron chi connectivity index (χ3n) is 4.59. The van der Waals surface area contributed by atoms with Crippen molar-refractivity contribution in [3.8, 4) is 11.1 Å². The standard InChI is InChI=1S/C19H18N2O/c1-20-16-10-4-2-8-14(16)15-9-3-5-11-17(15)21-13-7-6-12-18(21)19(20)22/h2-11,18H,12-13H2,1H3. The van der Waals surface area contributed by atoms with Gasteiger partial charge in [0.15, 0.2) is 0 Å². The molecule has 1 amide bonds. The molecular weight excluding hydrogens is 272 g/mol. The summed E-state index contributed by atoms with van der Waals surface area (Å²) in [5.74, 6) is 0.159. The van der Waals surface area contributed by atoms with E-state index < -0.39 is 0 Å². The van der Waals surface area contributed by atoms with Crippen LogP contribution in [-0.4, -0.2) is 25.5 Å². The minimum absolute atomic E-state index is 0.121. The highest BCUT2D eigenvalue weighted by Gasteiger charge is 2.33. The number of carbonyl (C=O) groups excluding carboxylic acids is 1. The number of benzene rings is 2. The molecule has 3 nitrogen and oxygen atoms in total. The lowest BCUT2D eigenvalue weighted by Gasteiger charge is -2.39. The molecule has 0 saturated carbocycles. The van der Waals surface area contributed by atoms with Crippen molar-refractivity contribution >= 4 is 17.3 Å². The number of hydrogen-bond donors (Lipinski definition) is 0. The van der Waals surface area contributed by atoms with Crippen LogP contribution in [0.3, 0.4) is 0 Å². The highest BCUT2D eigenvalue weighted by Crippen LogP contribution is 2.40. The summed E-state index contributed by atoms with van der Waals surface area (Å²) < 4.78 is 0. The number of rotatable bonds is 0. The Morgan fingerprint density at radius 1 is 0.909 bits per heavy atom. The van der Waals surface area contributed by atoms with E-state index in [4.69, 9.17) is 0 Å². The van der Waals surface area contributed by atoms with Crippen molar-refractivity contribution in [3.05, 3.63) is 60.7 Å². The van der Waals surface area contributed by atoms with Gasteiger partial charge in [0.25, 0.3) is 0 Å². The summed E-state index contributed by atoms with van der Waals surface area (Å²) in [7, 11) is 1.88. The molecule has 4 rings (SSSR count). The molecule has 2 aromatic rings. The Morgan fingerprint density at radius 3 is 2.32 bits per heavy atom. The number of hydrogen-bond acceptors (Lipinski definition) is 2. The molecule has 0 radical (unpaired) electrons. The van der Waals surface area contributed by atoms with Crippen LogP contribution in [0.2, 0.25) is 0 Å². The molecule has 0 spiro atoms. The zero-order chi connectivity index (χ0) is 15.1.